The Labute approximate surface area is 115 Å². The number of aliphatic hydroxyl groups excluding tert-OH is 1. The van der Waals surface area contributed by atoms with E-state index < -0.39 is 0 Å². The van der Waals surface area contributed by atoms with Crippen LogP contribution in [-0.2, 0) is 0 Å². The van der Waals surface area contributed by atoms with Crippen molar-refractivity contribution < 1.29 is 9.90 Å². The van der Waals surface area contributed by atoms with Gasteiger partial charge in [0.15, 0.2) is 5.13 Å². The summed E-state index contributed by atoms with van der Waals surface area (Å²) in [6.45, 7) is 1.74. The number of carbonyl (C=O) groups is 1. The summed E-state index contributed by atoms with van der Waals surface area (Å²) in [6.07, 6.45) is 1.57. The summed E-state index contributed by atoms with van der Waals surface area (Å²) in [6, 6.07) is 7.34. The Hall–Kier alpha value is -2.16. The number of nitrogens with one attached hydrogen (secondary N) is 1. The molecule has 0 aliphatic carbocycles. The fraction of sp³-hybridized carbons (Fsp3) is 0.143. The first-order chi connectivity index (χ1) is 9.19. The van der Waals surface area contributed by atoms with E-state index in [0.717, 1.165) is 5.56 Å². The Morgan fingerprint density at radius 1 is 1.53 bits per heavy atom. The van der Waals surface area contributed by atoms with Gasteiger partial charge < -0.3 is 5.11 Å². The van der Waals surface area contributed by atoms with Crippen molar-refractivity contribution in [1.82, 2.24) is 4.98 Å². The molecule has 4 nitrogen and oxygen atoms in total. The van der Waals surface area contributed by atoms with E-state index in [-0.39, 0.29) is 12.5 Å². The van der Waals surface area contributed by atoms with Crippen LogP contribution in [0.1, 0.15) is 20.8 Å². The number of nitrogens with zero attached hydrogens (tertiary/aromatic N) is 1. The third-order valence-corrected chi connectivity index (χ3v) is 3.13. The van der Waals surface area contributed by atoms with Gasteiger partial charge in [0.05, 0.1) is 11.1 Å². The van der Waals surface area contributed by atoms with Gasteiger partial charge in [-0.3, -0.25) is 10.1 Å². The minimum absolute atomic E-state index is 0.192. The molecule has 0 atom stereocenters. The number of aliphatic hydroxyl groups is 1. The number of carbonyl (C=O) groups excluding carboxylic acids is 1. The summed E-state index contributed by atoms with van der Waals surface area (Å²) >= 11 is 1.27. The highest BCUT2D eigenvalue weighted by Crippen LogP contribution is 2.18. The second-order valence-electron chi connectivity index (χ2n) is 3.81. The number of hydrogen-bond acceptors (Lipinski definition) is 4. The topological polar surface area (TPSA) is 62.2 Å². The summed E-state index contributed by atoms with van der Waals surface area (Å²) in [5, 5.41) is 11.8. The quantitative estimate of drug-likeness (QED) is 0.822. The fourth-order valence-corrected chi connectivity index (χ4v) is 2.16. The first-order valence-electron chi connectivity index (χ1n) is 5.62. The van der Waals surface area contributed by atoms with E-state index in [4.69, 9.17) is 5.11 Å². The van der Waals surface area contributed by atoms with Gasteiger partial charge in [0, 0.05) is 5.56 Å². The molecule has 0 fully saturated rings. The molecule has 2 aromatic rings. The number of rotatable bonds is 2. The van der Waals surface area contributed by atoms with Crippen LogP contribution in [0.3, 0.4) is 0 Å². The highest BCUT2D eigenvalue weighted by molar-refractivity contribution is 7.16. The Morgan fingerprint density at radius 2 is 2.37 bits per heavy atom. The summed E-state index contributed by atoms with van der Waals surface area (Å²) < 4.78 is 0. The highest BCUT2D eigenvalue weighted by atomic mass is 32.1. The molecule has 0 aliphatic heterocycles. The maximum absolute atomic E-state index is 12.0. The predicted octanol–water partition coefficient (Wildman–Crippen LogP) is 2.05. The van der Waals surface area contributed by atoms with Crippen molar-refractivity contribution in [2.45, 2.75) is 6.92 Å². The molecule has 0 saturated heterocycles. The minimum atomic E-state index is -0.195. The SMILES string of the molecule is Cc1cccc(C(=O)Nc2ncc(C#CCO)s2)c1. The van der Waals surface area contributed by atoms with Crippen molar-refractivity contribution in [3.8, 4) is 11.8 Å². The number of benzene rings is 1. The van der Waals surface area contributed by atoms with E-state index in [1.807, 2.05) is 25.1 Å². The average molecular weight is 272 g/mol. The second kappa shape index (κ2) is 6.14. The normalized spacial score (nSPS) is 9.58. The molecule has 0 bridgehead atoms. The Bertz CT molecular complexity index is 653. The van der Waals surface area contributed by atoms with E-state index >= 15 is 0 Å². The molecule has 1 amide bonds. The van der Waals surface area contributed by atoms with Gasteiger partial charge in [-0.15, -0.1) is 0 Å². The summed E-state index contributed by atoms with van der Waals surface area (Å²) in [5.41, 5.74) is 1.62. The molecule has 5 heteroatoms. The lowest BCUT2D eigenvalue weighted by Crippen LogP contribution is -2.11. The van der Waals surface area contributed by atoms with Gasteiger partial charge in [0.2, 0.25) is 0 Å². The maximum Gasteiger partial charge on any atom is 0.257 e. The molecule has 0 saturated carbocycles. The molecular weight excluding hydrogens is 260 g/mol. The number of thiazole rings is 1. The van der Waals surface area contributed by atoms with Crippen LogP contribution in [0.5, 0.6) is 0 Å². The summed E-state index contributed by atoms with van der Waals surface area (Å²) in [5.74, 6) is 5.08. The molecule has 0 radical (unpaired) electrons. The Kier molecular flexibility index (Phi) is 4.29. The number of aromatic nitrogens is 1. The minimum Gasteiger partial charge on any atom is -0.384 e. The molecule has 0 aliphatic rings. The monoisotopic (exact) mass is 272 g/mol. The molecule has 2 N–H and O–H groups in total. The third-order valence-electron chi connectivity index (χ3n) is 2.30. The van der Waals surface area contributed by atoms with E-state index in [1.165, 1.54) is 11.3 Å². The van der Waals surface area contributed by atoms with Crippen molar-refractivity contribution in [3.05, 3.63) is 46.5 Å². The third kappa shape index (κ3) is 3.65. The van der Waals surface area contributed by atoms with Crippen LogP contribution >= 0.6 is 11.3 Å². The molecule has 1 aromatic carbocycles. The number of anilines is 1. The predicted molar refractivity (Wildman–Crippen MR) is 75.2 cm³/mol. The Balaban J connectivity index is 2.09. The van der Waals surface area contributed by atoms with E-state index in [2.05, 4.69) is 22.1 Å². The van der Waals surface area contributed by atoms with E-state index in [0.29, 0.717) is 15.6 Å². The maximum atomic E-state index is 12.0. The molecule has 19 heavy (non-hydrogen) atoms. The van der Waals surface area contributed by atoms with Gasteiger partial charge in [0.25, 0.3) is 5.91 Å². The molecule has 96 valence electrons. The Morgan fingerprint density at radius 3 is 3.11 bits per heavy atom. The largest absolute Gasteiger partial charge is 0.384 e. The van der Waals surface area contributed by atoms with Crippen LogP contribution in [-0.4, -0.2) is 22.6 Å². The van der Waals surface area contributed by atoms with Gasteiger partial charge in [-0.2, -0.15) is 0 Å². The van der Waals surface area contributed by atoms with Gasteiger partial charge >= 0.3 is 0 Å². The van der Waals surface area contributed by atoms with Crippen LogP contribution in [0.25, 0.3) is 0 Å². The number of aryl methyl sites for hydroxylation is 1. The summed E-state index contributed by atoms with van der Waals surface area (Å²) in [7, 11) is 0. The van der Waals surface area contributed by atoms with Gasteiger partial charge in [-0.1, -0.05) is 40.9 Å². The molecule has 2 rings (SSSR count). The van der Waals surface area contributed by atoms with Crippen molar-refractivity contribution >= 4 is 22.4 Å². The number of amides is 1. The fourth-order valence-electron chi connectivity index (χ4n) is 1.47. The average Bonchev–Trinajstić information content (AvgIpc) is 2.84. The second-order valence-corrected chi connectivity index (χ2v) is 4.84. The van der Waals surface area contributed by atoms with E-state index in [9.17, 15) is 4.79 Å². The highest BCUT2D eigenvalue weighted by Gasteiger charge is 2.08. The lowest BCUT2D eigenvalue weighted by atomic mass is 10.1. The van der Waals surface area contributed by atoms with Crippen LogP contribution < -0.4 is 5.32 Å². The molecule has 0 spiro atoms. The zero-order valence-corrected chi connectivity index (χ0v) is 11.1. The molecular formula is C14H12N2O2S. The van der Waals surface area contributed by atoms with Crippen molar-refractivity contribution in [3.63, 3.8) is 0 Å². The lowest BCUT2D eigenvalue weighted by Gasteiger charge is -2.02. The first kappa shape index (κ1) is 13.3. The van der Waals surface area contributed by atoms with Gasteiger partial charge in [-0.25, -0.2) is 4.98 Å². The zero-order chi connectivity index (χ0) is 13.7. The first-order valence-corrected chi connectivity index (χ1v) is 6.44. The molecule has 1 aromatic heterocycles. The van der Waals surface area contributed by atoms with Gasteiger partial charge in [-0.05, 0) is 19.1 Å². The smallest absolute Gasteiger partial charge is 0.257 e. The van der Waals surface area contributed by atoms with Crippen LogP contribution in [0.2, 0.25) is 0 Å². The van der Waals surface area contributed by atoms with Crippen LogP contribution in [0.15, 0.2) is 30.5 Å². The molecule has 0 unspecified atom stereocenters. The molecule has 1 heterocycles. The van der Waals surface area contributed by atoms with Crippen molar-refractivity contribution in [2.75, 3.05) is 11.9 Å². The van der Waals surface area contributed by atoms with Crippen LogP contribution in [0.4, 0.5) is 5.13 Å². The van der Waals surface area contributed by atoms with E-state index in [1.54, 1.807) is 12.3 Å². The lowest BCUT2D eigenvalue weighted by molar-refractivity contribution is 0.102. The van der Waals surface area contributed by atoms with Crippen molar-refractivity contribution in [1.29, 1.82) is 0 Å². The standard InChI is InChI=1S/C14H12N2O2S/c1-10-4-2-5-11(8-10)13(18)16-14-15-9-12(19-14)6-3-7-17/h2,4-5,8-9,17H,7H2,1H3,(H,15,16,18). The van der Waals surface area contributed by atoms with Crippen molar-refractivity contribution in [2.24, 2.45) is 0 Å². The number of hydrogen-bond donors (Lipinski definition) is 2. The van der Waals surface area contributed by atoms with Crippen LogP contribution in [0, 0.1) is 18.8 Å². The van der Waals surface area contributed by atoms with Gasteiger partial charge in [0.1, 0.15) is 6.61 Å². The summed E-state index contributed by atoms with van der Waals surface area (Å²) in [4.78, 5) is 16.7. The zero-order valence-electron chi connectivity index (χ0n) is 10.3.